The Bertz CT molecular complexity index is 80.6. The van der Waals surface area contributed by atoms with Crippen LogP contribution in [0.1, 0.15) is 42.7 Å². The summed E-state index contributed by atoms with van der Waals surface area (Å²) in [5.74, 6) is 0. The first-order valence-electron chi connectivity index (χ1n) is 5.57. The number of rotatable bonds is 6. The van der Waals surface area contributed by atoms with Crippen molar-refractivity contribution in [2.75, 3.05) is 19.6 Å². The molecule has 0 saturated heterocycles. The van der Waals surface area contributed by atoms with E-state index in [9.17, 15) is 0 Å². The maximum atomic E-state index is 7.04. The van der Waals surface area contributed by atoms with Gasteiger partial charge in [-0.15, -0.1) is 0 Å². The Morgan fingerprint density at radius 3 is 1.90 bits per heavy atom. The third kappa shape index (κ3) is 4.80. The van der Waals surface area contributed by atoms with Gasteiger partial charge in [0.15, 0.2) is 0 Å². The summed E-state index contributed by atoms with van der Waals surface area (Å²) in [6.07, 6.45) is 3.12. The van der Waals surface area contributed by atoms with Crippen molar-refractivity contribution in [2.24, 2.45) is 0 Å². The van der Waals surface area contributed by atoms with Gasteiger partial charge in [-0.05, 0) is 38.9 Å². The normalized spacial score (nSPS) is 13.4. The van der Waals surface area contributed by atoms with Crippen molar-refractivity contribution in [1.29, 1.82) is 0 Å². The fourth-order valence-corrected chi connectivity index (χ4v) is 1.10. The third-order valence-corrected chi connectivity index (χ3v) is 1.49. The van der Waals surface area contributed by atoms with Crippen molar-refractivity contribution < 1.29 is 2.74 Å². The highest BCUT2D eigenvalue weighted by atomic mass is 15.1. The van der Waals surface area contributed by atoms with Gasteiger partial charge in [0.05, 0.1) is 0 Å². The van der Waals surface area contributed by atoms with Gasteiger partial charge in [0, 0.05) is 2.74 Å². The van der Waals surface area contributed by atoms with Crippen molar-refractivity contribution in [2.45, 2.75) is 40.0 Å². The molecule has 0 aromatic heterocycles. The van der Waals surface area contributed by atoms with Crippen LogP contribution in [-0.2, 0) is 0 Å². The largest absolute Gasteiger partial charge is 0.303 e. The van der Waals surface area contributed by atoms with E-state index >= 15 is 0 Å². The second-order valence-corrected chi connectivity index (χ2v) is 2.55. The molecule has 0 radical (unpaired) electrons. The lowest BCUT2D eigenvalue weighted by Crippen LogP contribution is -2.25. The lowest BCUT2D eigenvalue weighted by molar-refractivity contribution is 0.275. The average Bonchev–Trinajstić information content (AvgIpc) is 2.10. The molecule has 0 spiro atoms. The molecule has 0 atom stereocenters. The highest BCUT2D eigenvalue weighted by molar-refractivity contribution is 4.53. The van der Waals surface area contributed by atoms with Crippen molar-refractivity contribution in [3.63, 3.8) is 0 Å². The van der Waals surface area contributed by atoms with Crippen LogP contribution in [-0.4, -0.2) is 24.5 Å². The van der Waals surface area contributed by atoms with Crippen LogP contribution >= 0.6 is 0 Å². The summed E-state index contributed by atoms with van der Waals surface area (Å²) in [5.41, 5.74) is 0. The summed E-state index contributed by atoms with van der Waals surface area (Å²) in [6, 6.07) is 0. The summed E-state index contributed by atoms with van der Waals surface area (Å²) in [4.78, 5) is 2.36. The molecule has 0 fully saturated rings. The molecule has 0 aliphatic rings. The smallest absolute Gasteiger partial charge is 0.0231 e. The third-order valence-electron chi connectivity index (χ3n) is 1.49. The van der Waals surface area contributed by atoms with Crippen LogP contribution in [0.3, 0.4) is 0 Å². The maximum Gasteiger partial charge on any atom is 0.0231 e. The fourth-order valence-electron chi connectivity index (χ4n) is 1.10. The Labute approximate surface area is 68.2 Å². The molecule has 1 nitrogen and oxygen atoms in total. The molecule has 0 bridgehead atoms. The Morgan fingerprint density at radius 1 is 1.00 bits per heavy atom. The van der Waals surface area contributed by atoms with Gasteiger partial charge in [-0.25, -0.2) is 0 Å². The summed E-state index contributed by atoms with van der Waals surface area (Å²) < 4.78 is 14.1. The molecule has 0 N–H and O–H groups in total. The topological polar surface area (TPSA) is 3.24 Å². The minimum absolute atomic E-state index is 0.529. The van der Waals surface area contributed by atoms with Gasteiger partial charge < -0.3 is 4.90 Å². The second kappa shape index (κ2) is 7.07. The lowest BCUT2D eigenvalue weighted by Gasteiger charge is -2.19. The minimum Gasteiger partial charge on any atom is -0.303 e. The monoisotopic (exact) mass is 147 g/mol. The van der Waals surface area contributed by atoms with E-state index in [1.54, 1.807) is 0 Å². The predicted octanol–water partition coefficient (Wildman–Crippen LogP) is 2.52. The van der Waals surface area contributed by atoms with E-state index in [2.05, 4.69) is 11.8 Å². The van der Waals surface area contributed by atoms with Crippen LogP contribution in [0.5, 0.6) is 0 Å². The standard InChI is InChI=1S/C9H21N/c1-4-7-10(8-5-2)9-6-3/h4-9H2,1-3H3/i1T,2T. The zero-order chi connectivity index (χ0) is 9.23. The summed E-state index contributed by atoms with van der Waals surface area (Å²) in [5, 5.41) is 0. The van der Waals surface area contributed by atoms with Crippen LogP contribution in [0.4, 0.5) is 0 Å². The molecule has 0 saturated carbocycles. The van der Waals surface area contributed by atoms with Crippen LogP contribution in [0, 0.1) is 0 Å². The molecule has 0 aromatic carbocycles. The lowest BCUT2D eigenvalue weighted by atomic mass is 10.3. The molecular formula is C9H21N. The van der Waals surface area contributed by atoms with E-state index in [4.69, 9.17) is 2.74 Å². The molecule has 0 aliphatic carbocycles. The molecule has 0 heterocycles. The molecular weight excluding hydrogens is 122 g/mol. The molecule has 10 heavy (non-hydrogen) atoms. The highest BCUT2D eigenvalue weighted by Gasteiger charge is 1.98. The van der Waals surface area contributed by atoms with E-state index in [-0.39, 0.29) is 0 Å². The van der Waals surface area contributed by atoms with Crippen molar-refractivity contribution >= 4 is 0 Å². The molecule has 0 unspecified atom stereocenters. The highest BCUT2D eigenvalue weighted by Crippen LogP contribution is 1.94. The SMILES string of the molecule is [3H]CCCN(CCC)CCC[3H]. The van der Waals surface area contributed by atoms with Crippen LogP contribution in [0.2, 0.25) is 0 Å². The molecule has 0 aromatic rings. The van der Waals surface area contributed by atoms with Gasteiger partial charge in [0.1, 0.15) is 0 Å². The minimum atomic E-state index is 0.529. The predicted molar refractivity (Wildman–Crippen MR) is 47.3 cm³/mol. The number of nitrogens with zero attached hydrogens (tertiary/aromatic N) is 1. The fraction of sp³-hybridized carbons (Fsp3) is 1.00. The van der Waals surface area contributed by atoms with Gasteiger partial charge in [-0.2, -0.15) is 0 Å². The van der Waals surface area contributed by atoms with E-state index in [0.717, 1.165) is 32.5 Å². The molecule has 0 amide bonds. The van der Waals surface area contributed by atoms with Gasteiger partial charge in [-0.1, -0.05) is 20.7 Å². The van der Waals surface area contributed by atoms with Crippen molar-refractivity contribution in [3.05, 3.63) is 0 Å². The Balaban J connectivity index is 3.40. The molecule has 0 rings (SSSR count). The summed E-state index contributed by atoms with van der Waals surface area (Å²) in [6.45, 7) is 6.44. The Hall–Kier alpha value is -0.0400. The first-order chi connectivity index (χ1) is 5.85. The van der Waals surface area contributed by atoms with E-state index in [1.165, 1.54) is 6.42 Å². The first kappa shape index (κ1) is 6.66. The van der Waals surface area contributed by atoms with Crippen molar-refractivity contribution in [3.8, 4) is 0 Å². The Morgan fingerprint density at radius 2 is 1.50 bits per heavy atom. The van der Waals surface area contributed by atoms with Gasteiger partial charge in [0.25, 0.3) is 0 Å². The van der Waals surface area contributed by atoms with Crippen LogP contribution in [0.15, 0.2) is 0 Å². The number of hydrogen-bond donors (Lipinski definition) is 0. The Kier molecular flexibility index (Phi) is 4.71. The number of hydrogen-bond acceptors (Lipinski definition) is 1. The maximum absolute atomic E-state index is 7.04. The summed E-state index contributed by atoms with van der Waals surface area (Å²) >= 11 is 0. The van der Waals surface area contributed by atoms with Crippen molar-refractivity contribution in [1.82, 2.24) is 4.90 Å². The molecule has 1 heteroatoms. The van der Waals surface area contributed by atoms with Gasteiger partial charge in [0.2, 0.25) is 0 Å². The van der Waals surface area contributed by atoms with Crippen LogP contribution < -0.4 is 0 Å². The zero-order valence-electron chi connectivity index (χ0n) is 9.10. The molecule has 0 aliphatic heterocycles. The van der Waals surface area contributed by atoms with Gasteiger partial charge >= 0.3 is 0 Å². The van der Waals surface area contributed by atoms with E-state index < -0.39 is 0 Å². The van der Waals surface area contributed by atoms with Gasteiger partial charge in [-0.3, -0.25) is 0 Å². The second-order valence-electron chi connectivity index (χ2n) is 2.55. The van der Waals surface area contributed by atoms with E-state index in [0.29, 0.717) is 13.8 Å². The average molecular weight is 147 g/mol. The zero-order valence-corrected chi connectivity index (χ0v) is 7.10. The van der Waals surface area contributed by atoms with E-state index in [1.807, 2.05) is 0 Å². The molecule has 62 valence electrons. The van der Waals surface area contributed by atoms with Crippen LogP contribution in [0.25, 0.3) is 0 Å². The summed E-state index contributed by atoms with van der Waals surface area (Å²) in [7, 11) is 0. The first-order valence-corrected chi connectivity index (χ1v) is 4.16. The quantitative estimate of drug-likeness (QED) is 0.558.